The summed E-state index contributed by atoms with van der Waals surface area (Å²) in [6, 6.07) is 9.52. The maximum absolute atomic E-state index is 5.69. The first-order chi connectivity index (χ1) is 12.2. The number of benzene rings is 2. The second-order valence-corrected chi connectivity index (χ2v) is 5.34. The van der Waals surface area contributed by atoms with E-state index in [0.717, 1.165) is 28.2 Å². The number of fused-ring (bicyclic) bond motifs is 1. The highest BCUT2D eigenvalue weighted by Gasteiger charge is 2.13. The van der Waals surface area contributed by atoms with E-state index in [9.17, 15) is 0 Å². The average molecular weight is 342 g/mol. The quantitative estimate of drug-likeness (QED) is 0.702. The molecule has 0 aliphatic carbocycles. The molecule has 6 nitrogen and oxygen atoms in total. The van der Waals surface area contributed by atoms with E-state index in [1.165, 1.54) is 0 Å². The smallest absolute Gasteiger partial charge is 0.163 e. The van der Waals surface area contributed by atoms with Gasteiger partial charge in [0.2, 0.25) is 0 Å². The third kappa shape index (κ3) is 3.33. The zero-order valence-corrected chi connectivity index (χ0v) is 14.9. The van der Waals surface area contributed by atoms with Crippen molar-refractivity contribution in [3.63, 3.8) is 0 Å². The molecular weight excluding hydrogens is 320 g/mol. The number of hydrogen-bond donors (Lipinski definition) is 1. The number of aromatic amines is 1. The SMILES string of the molecule is CCOc1ccc(-c2nc3cc(OC)c(OC)cc3[nH]2)cc1OCC. The van der Waals surface area contributed by atoms with Crippen molar-refractivity contribution in [1.82, 2.24) is 9.97 Å². The van der Waals surface area contributed by atoms with Crippen molar-refractivity contribution in [2.24, 2.45) is 0 Å². The molecule has 132 valence electrons. The lowest BCUT2D eigenvalue weighted by Crippen LogP contribution is -1.98. The Bertz CT molecular complexity index is 832. The number of ether oxygens (including phenoxy) is 4. The predicted octanol–water partition coefficient (Wildman–Crippen LogP) is 4.04. The molecule has 0 spiro atoms. The van der Waals surface area contributed by atoms with Crippen LogP contribution in [-0.4, -0.2) is 37.4 Å². The summed E-state index contributed by atoms with van der Waals surface area (Å²) in [5, 5.41) is 0. The molecular formula is C19H22N2O4. The summed E-state index contributed by atoms with van der Waals surface area (Å²) >= 11 is 0. The van der Waals surface area contributed by atoms with Crippen LogP contribution in [0.4, 0.5) is 0 Å². The van der Waals surface area contributed by atoms with E-state index in [1.54, 1.807) is 14.2 Å². The summed E-state index contributed by atoms with van der Waals surface area (Å²) in [5.41, 5.74) is 2.60. The number of aromatic nitrogens is 2. The zero-order chi connectivity index (χ0) is 17.8. The van der Waals surface area contributed by atoms with Gasteiger partial charge in [-0.3, -0.25) is 0 Å². The molecule has 25 heavy (non-hydrogen) atoms. The van der Waals surface area contributed by atoms with E-state index in [2.05, 4.69) is 9.97 Å². The Labute approximate surface area is 146 Å². The fourth-order valence-corrected chi connectivity index (χ4v) is 2.67. The number of nitrogens with zero attached hydrogens (tertiary/aromatic N) is 1. The average Bonchev–Trinajstić information content (AvgIpc) is 3.05. The largest absolute Gasteiger partial charge is 0.493 e. The summed E-state index contributed by atoms with van der Waals surface area (Å²) in [6.07, 6.45) is 0. The van der Waals surface area contributed by atoms with Gasteiger partial charge >= 0.3 is 0 Å². The van der Waals surface area contributed by atoms with Crippen LogP contribution in [0.1, 0.15) is 13.8 Å². The fraction of sp³-hybridized carbons (Fsp3) is 0.316. The molecule has 0 saturated carbocycles. The minimum atomic E-state index is 0.568. The normalized spacial score (nSPS) is 10.7. The third-order valence-electron chi connectivity index (χ3n) is 3.80. The Kier molecular flexibility index (Phi) is 4.97. The molecule has 0 aliphatic rings. The van der Waals surface area contributed by atoms with Crippen LogP contribution >= 0.6 is 0 Å². The van der Waals surface area contributed by atoms with Crippen LogP contribution in [0.2, 0.25) is 0 Å². The van der Waals surface area contributed by atoms with Crippen LogP contribution in [0.3, 0.4) is 0 Å². The van der Waals surface area contributed by atoms with Gasteiger partial charge in [-0.15, -0.1) is 0 Å². The van der Waals surface area contributed by atoms with Crippen LogP contribution in [0, 0.1) is 0 Å². The second kappa shape index (κ2) is 7.34. The van der Waals surface area contributed by atoms with Gasteiger partial charge in [0.25, 0.3) is 0 Å². The maximum atomic E-state index is 5.69. The predicted molar refractivity (Wildman–Crippen MR) is 97.0 cm³/mol. The van der Waals surface area contributed by atoms with Gasteiger partial charge in [-0.25, -0.2) is 4.98 Å². The number of rotatable bonds is 7. The van der Waals surface area contributed by atoms with Crippen LogP contribution < -0.4 is 18.9 Å². The van der Waals surface area contributed by atoms with Crippen molar-refractivity contribution in [3.8, 4) is 34.4 Å². The van der Waals surface area contributed by atoms with Gasteiger partial charge in [0.15, 0.2) is 23.0 Å². The first-order valence-corrected chi connectivity index (χ1v) is 8.21. The van der Waals surface area contributed by atoms with E-state index >= 15 is 0 Å². The van der Waals surface area contributed by atoms with Gasteiger partial charge in [0.1, 0.15) is 5.82 Å². The molecule has 0 fully saturated rings. The molecule has 0 radical (unpaired) electrons. The highest BCUT2D eigenvalue weighted by molar-refractivity contribution is 5.83. The Morgan fingerprint density at radius 1 is 0.840 bits per heavy atom. The summed E-state index contributed by atoms with van der Waals surface area (Å²) in [5.74, 6) is 3.49. The molecule has 0 saturated heterocycles. The van der Waals surface area contributed by atoms with Crippen LogP contribution in [0.5, 0.6) is 23.0 Å². The molecule has 0 atom stereocenters. The van der Waals surface area contributed by atoms with Crippen molar-refractivity contribution in [2.75, 3.05) is 27.4 Å². The molecule has 1 N–H and O–H groups in total. The van der Waals surface area contributed by atoms with Crippen LogP contribution in [-0.2, 0) is 0 Å². The summed E-state index contributed by atoms with van der Waals surface area (Å²) in [7, 11) is 3.22. The second-order valence-electron chi connectivity index (χ2n) is 5.34. The Morgan fingerprint density at radius 3 is 2.20 bits per heavy atom. The van der Waals surface area contributed by atoms with Crippen molar-refractivity contribution in [2.45, 2.75) is 13.8 Å². The molecule has 3 aromatic rings. The van der Waals surface area contributed by atoms with Gasteiger partial charge < -0.3 is 23.9 Å². The molecule has 0 bridgehead atoms. The Morgan fingerprint density at radius 2 is 1.52 bits per heavy atom. The van der Waals surface area contributed by atoms with Gasteiger partial charge in [0, 0.05) is 17.7 Å². The van der Waals surface area contributed by atoms with Gasteiger partial charge in [-0.1, -0.05) is 0 Å². The van der Waals surface area contributed by atoms with E-state index in [0.29, 0.717) is 30.5 Å². The lowest BCUT2D eigenvalue weighted by Gasteiger charge is -2.11. The Hall–Kier alpha value is -2.89. The summed E-state index contributed by atoms with van der Waals surface area (Å²) in [6.45, 7) is 5.05. The standard InChI is InChI=1S/C19H22N2O4/c1-5-24-15-8-7-12(9-18(15)25-6-2)19-20-13-10-16(22-3)17(23-4)11-14(13)21-19/h7-11H,5-6H2,1-4H3,(H,20,21). The molecule has 0 aliphatic heterocycles. The van der Waals surface area contributed by atoms with E-state index in [-0.39, 0.29) is 0 Å². The minimum absolute atomic E-state index is 0.568. The summed E-state index contributed by atoms with van der Waals surface area (Å²) < 4.78 is 22.0. The van der Waals surface area contributed by atoms with Crippen molar-refractivity contribution in [3.05, 3.63) is 30.3 Å². The lowest BCUT2D eigenvalue weighted by atomic mass is 10.2. The van der Waals surface area contributed by atoms with Crippen molar-refractivity contribution < 1.29 is 18.9 Å². The monoisotopic (exact) mass is 342 g/mol. The first-order valence-electron chi connectivity index (χ1n) is 8.21. The highest BCUT2D eigenvalue weighted by Crippen LogP contribution is 2.35. The number of H-pyrrole nitrogens is 1. The molecule has 2 aromatic carbocycles. The van der Waals surface area contributed by atoms with Crippen molar-refractivity contribution >= 4 is 11.0 Å². The van der Waals surface area contributed by atoms with E-state index in [4.69, 9.17) is 18.9 Å². The topological polar surface area (TPSA) is 65.6 Å². The van der Waals surface area contributed by atoms with E-state index < -0.39 is 0 Å². The zero-order valence-electron chi connectivity index (χ0n) is 14.9. The minimum Gasteiger partial charge on any atom is -0.493 e. The van der Waals surface area contributed by atoms with Gasteiger partial charge in [-0.2, -0.15) is 0 Å². The van der Waals surface area contributed by atoms with Crippen LogP contribution in [0.25, 0.3) is 22.4 Å². The molecule has 0 amide bonds. The molecule has 6 heteroatoms. The number of hydrogen-bond acceptors (Lipinski definition) is 5. The van der Waals surface area contributed by atoms with Crippen molar-refractivity contribution in [1.29, 1.82) is 0 Å². The fourth-order valence-electron chi connectivity index (χ4n) is 2.67. The van der Waals surface area contributed by atoms with E-state index in [1.807, 2.05) is 44.2 Å². The summed E-state index contributed by atoms with van der Waals surface area (Å²) in [4.78, 5) is 7.97. The number of imidazole rings is 1. The highest BCUT2D eigenvalue weighted by atomic mass is 16.5. The molecule has 3 rings (SSSR count). The van der Waals surface area contributed by atoms with Gasteiger partial charge in [-0.05, 0) is 32.0 Å². The molecule has 1 aromatic heterocycles. The molecule has 0 unspecified atom stereocenters. The molecule has 1 heterocycles. The van der Waals surface area contributed by atoms with Gasteiger partial charge in [0.05, 0.1) is 38.5 Å². The Balaban J connectivity index is 2.05. The number of nitrogens with one attached hydrogen (secondary N) is 1. The third-order valence-corrected chi connectivity index (χ3v) is 3.80. The first kappa shape index (κ1) is 17.0. The number of methoxy groups -OCH3 is 2. The lowest BCUT2D eigenvalue weighted by molar-refractivity contribution is 0.288. The van der Waals surface area contributed by atoms with Crippen LogP contribution in [0.15, 0.2) is 30.3 Å². The maximum Gasteiger partial charge on any atom is 0.163 e.